The molecule has 2 nitrogen and oxygen atoms in total. The van der Waals surface area contributed by atoms with E-state index in [0.717, 1.165) is 11.1 Å². The maximum absolute atomic E-state index is 13.9. The van der Waals surface area contributed by atoms with E-state index in [1.807, 2.05) is 30.3 Å². The molecule has 0 N–H and O–H groups in total. The van der Waals surface area contributed by atoms with E-state index in [4.69, 9.17) is 4.42 Å². The fraction of sp³-hybridized carbons (Fsp3) is 0.0714. The van der Waals surface area contributed by atoms with Crippen molar-refractivity contribution in [2.24, 2.45) is 0 Å². The van der Waals surface area contributed by atoms with Crippen molar-refractivity contribution in [2.75, 3.05) is 0 Å². The molecule has 0 bridgehead atoms. The Morgan fingerprint density at radius 1 is 1.17 bits per heavy atom. The first-order chi connectivity index (χ1) is 8.78. The van der Waals surface area contributed by atoms with Gasteiger partial charge in [0.05, 0.1) is 5.56 Å². The fourth-order valence-corrected chi connectivity index (χ4v) is 2.15. The molecule has 0 aliphatic heterocycles. The smallest absolute Gasteiger partial charge is 0.230 e. The summed E-state index contributed by atoms with van der Waals surface area (Å²) in [4.78, 5) is 4.28. The minimum atomic E-state index is -0.321. The van der Waals surface area contributed by atoms with E-state index < -0.39 is 0 Å². The molecule has 2 aromatic carbocycles. The predicted octanol–water partition coefficient (Wildman–Crippen LogP) is 4.53. The summed E-state index contributed by atoms with van der Waals surface area (Å²) in [6.45, 7) is 0. The molecule has 0 aliphatic rings. The average molecular weight is 306 g/mol. The molecule has 18 heavy (non-hydrogen) atoms. The lowest BCUT2D eigenvalue weighted by Crippen LogP contribution is -1.87. The molecule has 1 aromatic heterocycles. The molecular weight excluding hydrogens is 297 g/mol. The Kier molecular flexibility index (Phi) is 2.88. The summed E-state index contributed by atoms with van der Waals surface area (Å²) in [5.74, 6) is -0.00618. The second-order valence-electron chi connectivity index (χ2n) is 3.93. The van der Waals surface area contributed by atoms with Crippen molar-refractivity contribution >= 4 is 27.0 Å². The summed E-state index contributed by atoms with van der Waals surface area (Å²) in [7, 11) is 0. The highest BCUT2D eigenvalue weighted by Gasteiger charge is 2.12. The SMILES string of the molecule is Fc1cc(CBr)ccc1-c1nc2ccccc2o1. The Bertz CT molecular complexity index is 675. The molecule has 0 amide bonds. The first kappa shape index (κ1) is 11.4. The van der Waals surface area contributed by atoms with Crippen LogP contribution in [-0.2, 0) is 5.33 Å². The van der Waals surface area contributed by atoms with Gasteiger partial charge in [0.2, 0.25) is 5.89 Å². The van der Waals surface area contributed by atoms with Gasteiger partial charge in [0.25, 0.3) is 0 Å². The number of rotatable bonds is 2. The number of aromatic nitrogens is 1. The second-order valence-corrected chi connectivity index (χ2v) is 4.50. The molecule has 0 saturated heterocycles. The molecule has 3 rings (SSSR count). The third-order valence-electron chi connectivity index (χ3n) is 2.71. The van der Waals surface area contributed by atoms with Crippen LogP contribution >= 0.6 is 15.9 Å². The third-order valence-corrected chi connectivity index (χ3v) is 3.36. The first-order valence-electron chi connectivity index (χ1n) is 5.48. The van der Waals surface area contributed by atoms with Crippen LogP contribution < -0.4 is 0 Å². The summed E-state index contributed by atoms with van der Waals surface area (Å²) < 4.78 is 19.5. The number of alkyl halides is 1. The van der Waals surface area contributed by atoms with Gasteiger partial charge >= 0.3 is 0 Å². The zero-order chi connectivity index (χ0) is 12.5. The van der Waals surface area contributed by atoms with Gasteiger partial charge in [-0.15, -0.1) is 0 Å². The van der Waals surface area contributed by atoms with Crippen molar-refractivity contribution in [3.05, 3.63) is 53.8 Å². The van der Waals surface area contributed by atoms with Gasteiger partial charge in [-0.05, 0) is 29.8 Å². The Hall–Kier alpha value is -1.68. The number of halogens is 2. The summed E-state index contributed by atoms with van der Waals surface area (Å²) in [5, 5.41) is 0.623. The van der Waals surface area contributed by atoms with Crippen LogP contribution in [0.15, 0.2) is 46.9 Å². The van der Waals surface area contributed by atoms with E-state index in [9.17, 15) is 4.39 Å². The first-order valence-corrected chi connectivity index (χ1v) is 6.60. The topological polar surface area (TPSA) is 26.0 Å². The van der Waals surface area contributed by atoms with Crippen molar-refractivity contribution in [3.63, 3.8) is 0 Å². The highest BCUT2D eigenvalue weighted by molar-refractivity contribution is 9.08. The molecular formula is C14H9BrFNO. The van der Waals surface area contributed by atoms with Gasteiger partial charge < -0.3 is 4.42 Å². The molecule has 1 heterocycles. The van der Waals surface area contributed by atoms with Crippen LogP contribution in [0.25, 0.3) is 22.6 Å². The highest BCUT2D eigenvalue weighted by Crippen LogP contribution is 2.27. The van der Waals surface area contributed by atoms with E-state index >= 15 is 0 Å². The molecule has 0 unspecified atom stereocenters. The Morgan fingerprint density at radius 2 is 2.00 bits per heavy atom. The van der Waals surface area contributed by atoms with Crippen LogP contribution in [-0.4, -0.2) is 4.98 Å². The van der Waals surface area contributed by atoms with E-state index in [2.05, 4.69) is 20.9 Å². The highest BCUT2D eigenvalue weighted by atomic mass is 79.9. The number of hydrogen-bond acceptors (Lipinski definition) is 2. The number of hydrogen-bond donors (Lipinski definition) is 0. The average Bonchev–Trinajstić information content (AvgIpc) is 2.81. The Balaban J connectivity index is 2.14. The van der Waals surface area contributed by atoms with Crippen molar-refractivity contribution in [2.45, 2.75) is 5.33 Å². The molecule has 4 heteroatoms. The summed E-state index contributed by atoms with van der Waals surface area (Å²) in [6.07, 6.45) is 0. The largest absolute Gasteiger partial charge is 0.436 e. The van der Waals surface area contributed by atoms with Gasteiger partial charge in [0, 0.05) is 5.33 Å². The van der Waals surface area contributed by atoms with Crippen LogP contribution in [0, 0.1) is 5.82 Å². The quantitative estimate of drug-likeness (QED) is 0.650. The molecule has 3 aromatic rings. The van der Waals surface area contributed by atoms with Crippen LogP contribution in [0.4, 0.5) is 4.39 Å². The summed E-state index contributed by atoms with van der Waals surface area (Å²) in [6, 6.07) is 12.4. The van der Waals surface area contributed by atoms with Crippen molar-refractivity contribution in [1.29, 1.82) is 0 Å². The van der Waals surface area contributed by atoms with E-state index in [1.54, 1.807) is 6.07 Å². The Labute approximate surface area is 112 Å². The second kappa shape index (κ2) is 4.53. The van der Waals surface area contributed by atoms with E-state index in [1.165, 1.54) is 6.07 Å². The van der Waals surface area contributed by atoms with Crippen LogP contribution in [0.3, 0.4) is 0 Å². The number of para-hydroxylation sites is 2. The summed E-state index contributed by atoms with van der Waals surface area (Å²) in [5.41, 5.74) is 2.66. The van der Waals surface area contributed by atoms with Gasteiger partial charge in [-0.25, -0.2) is 9.37 Å². The van der Waals surface area contributed by atoms with Gasteiger partial charge in [-0.1, -0.05) is 34.1 Å². The van der Waals surface area contributed by atoms with Crippen LogP contribution in [0.5, 0.6) is 0 Å². The third kappa shape index (κ3) is 1.93. The van der Waals surface area contributed by atoms with Gasteiger partial charge in [-0.3, -0.25) is 0 Å². The molecule has 0 fully saturated rings. The van der Waals surface area contributed by atoms with Crippen molar-refractivity contribution in [3.8, 4) is 11.5 Å². The lowest BCUT2D eigenvalue weighted by molar-refractivity contribution is 0.593. The number of oxazole rings is 1. The van der Waals surface area contributed by atoms with Gasteiger partial charge in [-0.2, -0.15) is 0 Å². The van der Waals surface area contributed by atoms with Crippen molar-refractivity contribution < 1.29 is 8.81 Å². The molecule has 0 saturated carbocycles. The molecule has 0 aliphatic carbocycles. The lowest BCUT2D eigenvalue weighted by Gasteiger charge is -2.00. The predicted molar refractivity (Wildman–Crippen MR) is 72.0 cm³/mol. The zero-order valence-corrected chi connectivity index (χ0v) is 10.9. The number of benzene rings is 2. The minimum Gasteiger partial charge on any atom is -0.436 e. The standard InChI is InChI=1S/C14H9BrFNO/c15-8-9-5-6-10(11(16)7-9)14-17-12-3-1-2-4-13(12)18-14/h1-7H,8H2. The van der Waals surface area contributed by atoms with Gasteiger partial charge in [0.15, 0.2) is 5.58 Å². The normalized spacial score (nSPS) is 11.0. The van der Waals surface area contributed by atoms with Crippen LogP contribution in [0.1, 0.15) is 5.56 Å². The zero-order valence-electron chi connectivity index (χ0n) is 9.36. The molecule has 90 valence electrons. The fourth-order valence-electron chi connectivity index (χ4n) is 1.80. The monoisotopic (exact) mass is 305 g/mol. The molecule has 0 atom stereocenters. The minimum absolute atomic E-state index is 0.315. The number of nitrogens with zero attached hydrogens (tertiary/aromatic N) is 1. The van der Waals surface area contributed by atoms with Crippen LogP contribution in [0.2, 0.25) is 0 Å². The van der Waals surface area contributed by atoms with E-state index in [0.29, 0.717) is 22.4 Å². The maximum atomic E-state index is 13.9. The van der Waals surface area contributed by atoms with Crippen molar-refractivity contribution in [1.82, 2.24) is 4.98 Å². The van der Waals surface area contributed by atoms with E-state index in [-0.39, 0.29) is 5.82 Å². The lowest BCUT2D eigenvalue weighted by atomic mass is 10.1. The van der Waals surface area contributed by atoms with Gasteiger partial charge in [0.1, 0.15) is 11.3 Å². The number of fused-ring (bicyclic) bond motifs is 1. The summed E-state index contributed by atoms with van der Waals surface area (Å²) >= 11 is 3.29. The molecule has 0 radical (unpaired) electrons. The maximum Gasteiger partial charge on any atom is 0.230 e. The molecule has 0 spiro atoms. The Morgan fingerprint density at radius 3 is 2.72 bits per heavy atom.